The second-order valence-corrected chi connectivity index (χ2v) is 6.95. The van der Waals surface area contributed by atoms with Crippen molar-refractivity contribution >= 4 is 44.8 Å². The van der Waals surface area contributed by atoms with E-state index in [0.29, 0.717) is 24.1 Å². The van der Waals surface area contributed by atoms with Crippen molar-refractivity contribution in [3.05, 3.63) is 70.6 Å². The van der Waals surface area contributed by atoms with Crippen LogP contribution in [0.25, 0.3) is 0 Å². The van der Waals surface area contributed by atoms with Crippen molar-refractivity contribution in [2.75, 3.05) is 17.2 Å². The standard InChI is InChI=1S/C19H18BrFN4OS/c1-2-26-16-9-7-15(8-10-16)22-19(27)23-18-17(20)12-25(24-18)11-13-3-5-14(21)6-4-13/h3-10,12H,2,11H2,1H3,(H2,22,23,24,27). The molecule has 0 fully saturated rings. The minimum absolute atomic E-state index is 0.256. The summed E-state index contributed by atoms with van der Waals surface area (Å²) < 4.78 is 21.0. The van der Waals surface area contributed by atoms with E-state index in [-0.39, 0.29) is 5.82 Å². The summed E-state index contributed by atoms with van der Waals surface area (Å²) in [5, 5.41) is 11.1. The maximum atomic E-state index is 13.0. The summed E-state index contributed by atoms with van der Waals surface area (Å²) in [4.78, 5) is 0. The van der Waals surface area contributed by atoms with Gasteiger partial charge in [-0.05, 0) is 77.0 Å². The third-order valence-corrected chi connectivity index (χ3v) is 4.41. The quantitative estimate of drug-likeness (QED) is 0.517. The lowest BCUT2D eigenvalue weighted by Crippen LogP contribution is -2.19. The Kier molecular flexibility index (Phi) is 6.41. The van der Waals surface area contributed by atoms with E-state index in [2.05, 4.69) is 31.7 Å². The molecule has 0 spiro atoms. The van der Waals surface area contributed by atoms with E-state index in [9.17, 15) is 4.39 Å². The van der Waals surface area contributed by atoms with Crippen LogP contribution in [0.4, 0.5) is 15.9 Å². The molecule has 0 bridgehead atoms. The van der Waals surface area contributed by atoms with E-state index in [1.807, 2.05) is 37.4 Å². The number of halogens is 2. The van der Waals surface area contributed by atoms with Crippen LogP contribution >= 0.6 is 28.1 Å². The van der Waals surface area contributed by atoms with Gasteiger partial charge in [-0.15, -0.1) is 0 Å². The maximum absolute atomic E-state index is 13.0. The maximum Gasteiger partial charge on any atom is 0.176 e. The zero-order valence-corrected chi connectivity index (χ0v) is 17.0. The Morgan fingerprint density at radius 1 is 1.15 bits per heavy atom. The van der Waals surface area contributed by atoms with Gasteiger partial charge in [0, 0.05) is 11.9 Å². The molecule has 1 heterocycles. The Balaban J connectivity index is 1.60. The van der Waals surface area contributed by atoms with Crippen LogP contribution in [-0.2, 0) is 6.54 Å². The van der Waals surface area contributed by atoms with E-state index in [1.54, 1.807) is 16.8 Å². The Bertz CT molecular complexity index is 912. The number of benzene rings is 2. The third-order valence-electron chi connectivity index (χ3n) is 3.63. The Hall–Kier alpha value is -2.45. The molecule has 0 atom stereocenters. The van der Waals surface area contributed by atoms with Gasteiger partial charge in [0.2, 0.25) is 0 Å². The monoisotopic (exact) mass is 448 g/mol. The Morgan fingerprint density at radius 2 is 1.85 bits per heavy atom. The highest BCUT2D eigenvalue weighted by atomic mass is 79.9. The molecule has 140 valence electrons. The van der Waals surface area contributed by atoms with E-state index >= 15 is 0 Å². The van der Waals surface area contributed by atoms with Crippen molar-refractivity contribution in [3.8, 4) is 5.75 Å². The summed E-state index contributed by atoms with van der Waals surface area (Å²) in [6.07, 6.45) is 1.84. The number of aromatic nitrogens is 2. The zero-order chi connectivity index (χ0) is 19.2. The van der Waals surface area contributed by atoms with Gasteiger partial charge in [0.25, 0.3) is 0 Å². The van der Waals surface area contributed by atoms with Gasteiger partial charge in [0.15, 0.2) is 10.9 Å². The number of ether oxygens (including phenoxy) is 1. The molecule has 0 amide bonds. The van der Waals surface area contributed by atoms with Crippen molar-refractivity contribution in [3.63, 3.8) is 0 Å². The number of nitrogens with zero attached hydrogens (tertiary/aromatic N) is 2. The highest BCUT2D eigenvalue weighted by molar-refractivity contribution is 9.10. The predicted octanol–water partition coefficient (Wildman–Crippen LogP) is 5.04. The Morgan fingerprint density at radius 3 is 2.52 bits per heavy atom. The average Bonchev–Trinajstić information content (AvgIpc) is 2.98. The number of rotatable bonds is 6. The first kappa shape index (κ1) is 19.3. The van der Waals surface area contributed by atoms with Crippen LogP contribution in [-0.4, -0.2) is 21.5 Å². The van der Waals surface area contributed by atoms with E-state index in [4.69, 9.17) is 17.0 Å². The molecule has 0 radical (unpaired) electrons. The molecule has 2 N–H and O–H groups in total. The molecule has 3 aromatic rings. The van der Waals surface area contributed by atoms with Crippen LogP contribution < -0.4 is 15.4 Å². The molecule has 3 rings (SSSR count). The zero-order valence-electron chi connectivity index (χ0n) is 14.6. The number of nitrogens with one attached hydrogen (secondary N) is 2. The largest absolute Gasteiger partial charge is 0.494 e. The van der Waals surface area contributed by atoms with Gasteiger partial charge in [-0.25, -0.2) is 4.39 Å². The number of anilines is 2. The van der Waals surface area contributed by atoms with Crippen LogP contribution in [0.2, 0.25) is 0 Å². The fourth-order valence-corrected chi connectivity index (χ4v) is 3.04. The summed E-state index contributed by atoms with van der Waals surface area (Å²) in [7, 11) is 0. The van der Waals surface area contributed by atoms with Gasteiger partial charge in [-0.1, -0.05) is 12.1 Å². The average molecular weight is 449 g/mol. The molecule has 0 unspecified atom stereocenters. The normalized spacial score (nSPS) is 10.5. The molecular weight excluding hydrogens is 431 g/mol. The van der Waals surface area contributed by atoms with Gasteiger partial charge < -0.3 is 15.4 Å². The first-order valence-electron chi connectivity index (χ1n) is 8.31. The topological polar surface area (TPSA) is 51.1 Å². The van der Waals surface area contributed by atoms with Gasteiger partial charge in [0.05, 0.1) is 17.6 Å². The molecule has 2 aromatic carbocycles. The molecule has 0 saturated carbocycles. The van der Waals surface area contributed by atoms with Gasteiger partial charge in [-0.2, -0.15) is 5.10 Å². The fourth-order valence-electron chi connectivity index (χ4n) is 2.41. The minimum atomic E-state index is -0.256. The fraction of sp³-hybridized carbons (Fsp3) is 0.158. The molecule has 1 aromatic heterocycles. The van der Waals surface area contributed by atoms with Gasteiger partial charge in [-0.3, -0.25) is 4.68 Å². The van der Waals surface area contributed by atoms with Gasteiger partial charge in [0.1, 0.15) is 11.6 Å². The van der Waals surface area contributed by atoms with Crippen LogP contribution in [0.5, 0.6) is 5.75 Å². The predicted molar refractivity (Wildman–Crippen MR) is 113 cm³/mol. The van der Waals surface area contributed by atoms with E-state index in [1.165, 1.54) is 12.1 Å². The molecule has 0 aliphatic heterocycles. The minimum Gasteiger partial charge on any atom is -0.494 e. The molecule has 8 heteroatoms. The molecule has 0 aliphatic carbocycles. The Labute approximate surface area is 170 Å². The third kappa shape index (κ3) is 5.51. The van der Waals surface area contributed by atoms with Crippen LogP contribution in [0.3, 0.4) is 0 Å². The van der Waals surface area contributed by atoms with E-state index < -0.39 is 0 Å². The number of hydrogen-bond acceptors (Lipinski definition) is 3. The van der Waals surface area contributed by atoms with Crippen molar-refractivity contribution in [1.29, 1.82) is 0 Å². The van der Waals surface area contributed by atoms with Crippen LogP contribution in [0, 0.1) is 5.82 Å². The summed E-state index contributed by atoms with van der Waals surface area (Å²) in [5.74, 6) is 1.15. The van der Waals surface area contributed by atoms with Crippen molar-refractivity contribution in [2.45, 2.75) is 13.5 Å². The number of hydrogen-bond donors (Lipinski definition) is 2. The first-order chi connectivity index (χ1) is 13.0. The lowest BCUT2D eigenvalue weighted by atomic mass is 10.2. The van der Waals surface area contributed by atoms with Crippen LogP contribution in [0.15, 0.2) is 59.2 Å². The summed E-state index contributed by atoms with van der Waals surface area (Å²) >= 11 is 8.82. The first-order valence-corrected chi connectivity index (χ1v) is 9.52. The van der Waals surface area contributed by atoms with Gasteiger partial charge >= 0.3 is 0 Å². The lowest BCUT2D eigenvalue weighted by Gasteiger charge is -2.10. The molecule has 5 nitrogen and oxygen atoms in total. The van der Waals surface area contributed by atoms with Crippen molar-refractivity contribution < 1.29 is 9.13 Å². The second-order valence-electron chi connectivity index (χ2n) is 5.69. The highest BCUT2D eigenvalue weighted by Gasteiger charge is 2.09. The summed E-state index contributed by atoms with van der Waals surface area (Å²) in [6.45, 7) is 3.10. The molecule has 0 saturated heterocycles. The second kappa shape index (κ2) is 8.96. The smallest absolute Gasteiger partial charge is 0.176 e. The lowest BCUT2D eigenvalue weighted by molar-refractivity contribution is 0.340. The van der Waals surface area contributed by atoms with Crippen molar-refractivity contribution in [2.24, 2.45) is 0 Å². The number of thiocarbonyl (C=S) groups is 1. The molecule has 27 heavy (non-hydrogen) atoms. The van der Waals surface area contributed by atoms with Crippen LogP contribution in [0.1, 0.15) is 12.5 Å². The van der Waals surface area contributed by atoms with Crippen molar-refractivity contribution in [1.82, 2.24) is 9.78 Å². The summed E-state index contributed by atoms with van der Waals surface area (Å²) in [5.41, 5.74) is 1.80. The molecular formula is C19H18BrFN4OS. The van der Waals surface area contributed by atoms with E-state index in [0.717, 1.165) is 21.5 Å². The highest BCUT2D eigenvalue weighted by Crippen LogP contribution is 2.22. The SMILES string of the molecule is CCOc1ccc(NC(=S)Nc2nn(Cc3ccc(F)cc3)cc2Br)cc1. The molecule has 0 aliphatic rings. The summed E-state index contributed by atoms with van der Waals surface area (Å²) in [6, 6.07) is 13.9.